The van der Waals surface area contributed by atoms with Crippen LogP contribution in [0.4, 0.5) is 0 Å². The normalized spacial score (nSPS) is 18.6. The number of H-pyrrole nitrogens is 1. The van der Waals surface area contributed by atoms with Crippen molar-refractivity contribution < 1.29 is 9.53 Å². The monoisotopic (exact) mass is 272 g/mol. The van der Waals surface area contributed by atoms with Crippen LogP contribution in [0.5, 0.6) is 0 Å². The Balaban J connectivity index is 1.78. The second kappa shape index (κ2) is 5.29. The van der Waals surface area contributed by atoms with Crippen LogP contribution in [0.3, 0.4) is 0 Å². The van der Waals surface area contributed by atoms with Crippen molar-refractivity contribution in [3.63, 3.8) is 0 Å². The Labute approximate surface area is 118 Å². The first-order valence-corrected chi connectivity index (χ1v) is 7.05. The predicted molar refractivity (Wildman–Crippen MR) is 78.4 cm³/mol. The van der Waals surface area contributed by atoms with Crippen molar-refractivity contribution in [2.75, 3.05) is 20.3 Å². The number of nitrogens with one attached hydrogen (secondary N) is 1. The summed E-state index contributed by atoms with van der Waals surface area (Å²) < 4.78 is 5.30. The summed E-state index contributed by atoms with van der Waals surface area (Å²) in [5, 5.41) is 1.23. The van der Waals surface area contributed by atoms with E-state index in [2.05, 4.69) is 24.0 Å². The fourth-order valence-electron chi connectivity index (χ4n) is 2.85. The zero-order chi connectivity index (χ0) is 14.1. The smallest absolute Gasteiger partial charge is 0.228 e. The van der Waals surface area contributed by atoms with Gasteiger partial charge in [0, 0.05) is 30.3 Å². The van der Waals surface area contributed by atoms with Crippen LogP contribution in [0.2, 0.25) is 0 Å². The third kappa shape index (κ3) is 2.31. The molecule has 0 spiro atoms. The SMILES string of the molecule is Cc1c(CN(C)C(=O)[C@@H]2CCOC2)[nH]c2ccccc12. The van der Waals surface area contributed by atoms with Gasteiger partial charge in [0.15, 0.2) is 0 Å². The molecule has 2 aromatic rings. The van der Waals surface area contributed by atoms with Crippen molar-refractivity contribution in [3.05, 3.63) is 35.5 Å². The van der Waals surface area contributed by atoms with E-state index in [4.69, 9.17) is 4.74 Å². The summed E-state index contributed by atoms with van der Waals surface area (Å²) in [6.45, 7) is 3.99. The maximum Gasteiger partial charge on any atom is 0.228 e. The average Bonchev–Trinajstić information content (AvgIpc) is 3.08. The molecule has 0 unspecified atom stereocenters. The van der Waals surface area contributed by atoms with Crippen LogP contribution < -0.4 is 0 Å². The zero-order valence-corrected chi connectivity index (χ0v) is 12.0. The molecule has 1 atom stereocenters. The number of hydrogen-bond donors (Lipinski definition) is 1. The van der Waals surface area contributed by atoms with E-state index in [1.54, 1.807) is 4.90 Å². The molecule has 20 heavy (non-hydrogen) atoms. The highest BCUT2D eigenvalue weighted by Crippen LogP contribution is 2.23. The molecule has 0 radical (unpaired) electrons. The van der Waals surface area contributed by atoms with Crippen molar-refractivity contribution in [2.24, 2.45) is 5.92 Å². The molecule has 2 heterocycles. The van der Waals surface area contributed by atoms with Gasteiger partial charge in [-0.25, -0.2) is 0 Å². The topological polar surface area (TPSA) is 45.3 Å². The molecule has 4 heteroatoms. The maximum atomic E-state index is 12.3. The summed E-state index contributed by atoms with van der Waals surface area (Å²) in [7, 11) is 1.87. The molecule has 106 valence electrons. The van der Waals surface area contributed by atoms with E-state index in [1.807, 2.05) is 19.2 Å². The quantitative estimate of drug-likeness (QED) is 0.933. The predicted octanol–water partition coefficient (Wildman–Crippen LogP) is 2.47. The highest BCUT2D eigenvalue weighted by molar-refractivity contribution is 5.84. The van der Waals surface area contributed by atoms with E-state index in [-0.39, 0.29) is 11.8 Å². The molecule has 0 aliphatic carbocycles. The second-order valence-electron chi connectivity index (χ2n) is 5.53. The Bertz CT molecular complexity index is 626. The first-order valence-electron chi connectivity index (χ1n) is 7.05. The van der Waals surface area contributed by atoms with Gasteiger partial charge in [-0.2, -0.15) is 0 Å². The molecule has 1 fully saturated rings. The van der Waals surface area contributed by atoms with Gasteiger partial charge in [0.1, 0.15) is 0 Å². The second-order valence-corrected chi connectivity index (χ2v) is 5.53. The van der Waals surface area contributed by atoms with Crippen LogP contribution >= 0.6 is 0 Å². The van der Waals surface area contributed by atoms with Gasteiger partial charge < -0.3 is 14.6 Å². The minimum Gasteiger partial charge on any atom is -0.381 e. The van der Waals surface area contributed by atoms with E-state index in [0.717, 1.165) is 17.6 Å². The van der Waals surface area contributed by atoms with E-state index in [9.17, 15) is 4.79 Å². The van der Waals surface area contributed by atoms with Crippen LogP contribution in [0, 0.1) is 12.8 Å². The Morgan fingerprint density at radius 3 is 2.95 bits per heavy atom. The zero-order valence-electron chi connectivity index (χ0n) is 12.0. The van der Waals surface area contributed by atoms with Crippen LogP contribution in [0.15, 0.2) is 24.3 Å². The molecule has 3 rings (SSSR count). The largest absolute Gasteiger partial charge is 0.381 e. The number of aromatic amines is 1. The van der Waals surface area contributed by atoms with Crippen LogP contribution in [-0.4, -0.2) is 36.1 Å². The lowest BCUT2D eigenvalue weighted by Crippen LogP contribution is -2.33. The number of amides is 1. The first-order chi connectivity index (χ1) is 9.66. The number of carbonyl (C=O) groups excluding carboxylic acids is 1. The van der Waals surface area contributed by atoms with Crippen LogP contribution in [-0.2, 0) is 16.1 Å². The van der Waals surface area contributed by atoms with E-state index in [0.29, 0.717) is 19.8 Å². The van der Waals surface area contributed by atoms with Crippen LogP contribution in [0.25, 0.3) is 10.9 Å². The van der Waals surface area contributed by atoms with Gasteiger partial charge in [0.05, 0.1) is 19.1 Å². The van der Waals surface area contributed by atoms with Gasteiger partial charge in [-0.15, -0.1) is 0 Å². The Kier molecular flexibility index (Phi) is 3.49. The average molecular weight is 272 g/mol. The molecular weight excluding hydrogens is 252 g/mol. The molecule has 1 N–H and O–H groups in total. The fourth-order valence-corrected chi connectivity index (χ4v) is 2.85. The van der Waals surface area contributed by atoms with Crippen molar-refractivity contribution in [3.8, 4) is 0 Å². The summed E-state index contributed by atoms with van der Waals surface area (Å²) in [6, 6.07) is 8.24. The third-order valence-electron chi connectivity index (χ3n) is 4.12. The van der Waals surface area contributed by atoms with E-state index >= 15 is 0 Å². The van der Waals surface area contributed by atoms with E-state index in [1.165, 1.54) is 10.9 Å². The highest BCUT2D eigenvalue weighted by atomic mass is 16.5. The van der Waals surface area contributed by atoms with E-state index < -0.39 is 0 Å². The number of nitrogens with zero attached hydrogens (tertiary/aromatic N) is 1. The van der Waals surface area contributed by atoms with Crippen molar-refractivity contribution in [1.29, 1.82) is 0 Å². The molecule has 0 bridgehead atoms. The van der Waals surface area contributed by atoms with Crippen molar-refractivity contribution >= 4 is 16.8 Å². The number of aryl methyl sites for hydroxylation is 1. The minimum absolute atomic E-state index is 0.0321. The third-order valence-corrected chi connectivity index (χ3v) is 4.12. The lowest BCUT2D eigenvalue weighted by atomic mass is 10.1. The molecule has 1 aliphatic heterocycles. The Morgan fingerprint density at radius 2 is 2.25 bits per heavy atom. The minimum atomic E-state index is 0.0321. The molecular formula is C16H20N2O2. The van der Waals surface area contributed by atoms with Crippen LogP contribution in [0.1, 0.15) is 17.7 Å². The Morgan fingerprint density at radius 1 is 1.45 bits per heavy atom. The first kappa shape index (κ1) is 13.2. The number of aromatic nitrogens is 1. The number of benzene rings is 1. The van der Waals surface area contributed by atoms with Gasteiger partial charge in [-0.3, -0.25) is 4.79 Å². The molecule has 1 aromatic heterocycles. The highest BCUT2D eigenvalue weighted by Gasteiger charge is 2.26. The molecule has 1 aliphatic rings. The summed E-state index contributed by atoms with van der Waals surface area (Å²) in [4.78, 5) is 17.5. The molecule has 0 saturated carbocycles. The summed E-state index contributed by atoms with van der Waals surface area (Å²) in [5.41, 5.74) is 3.47. The lowest BCUT2D eigenvalue weighted by molar-refractivity contribution is -0.134. The van der Waals surface area contributed by atoms with Gasteiger partial charge in [-0.05, 0) is 25.0 Å². The summed E-state index contributed by atoms with van der Waals surface area (Å²) in [6.07, 6.45) is 0.842. The van der Waals surface area contributed by atoms with Gasteiger partial charge in [-0.1, -0.05) is 18.2 Å². The number of fused-ring (bicyclic) bond motifs is 1. The number of rotatable bonds is 3. The molecule has 1 aromatic carbocycles. The number of ether oxygens (including phenoxy) is 1. The van der Waals surface area contributed by atoms with Crippen molar-refractivity contribution in [2.45, 2.75) is 19.9 Å². The van der Waals surface area contributed by atoms with Gasteiger partial charge in [0.25, 0.3) is 0 Å². The summed E-state index contributed by atoms with van der Waals surface area (Å²) in [5.74, 6) is 0.213. The Hall–Kier alpha value is -1.81. The molecule has 1 amide bonds. The van der Waals surface area contributed by atoms with Crippen molar-refractivity contribution in [1.82, 2.24) is 9.88 Å². The molecule has 4 nitrogen and oxygen atoms in total. The number of carbonyl (C=O) groups is 1. The lowest BCUT2D eigenvalue weighted by Gasteiger charge is -2.20. The molecule has 1 saturated heterocycles. The maximum absolute atomic E-state index is 12.3. The number of hydrogen-bond acceptors (Lipinski definition) is 2. The summed E-state index contributed by atoms with van der Waals surface area (Å²) >= 11 is 0. The van der Waals surface area contributed by atoms with Gasteiger partial charge >= 0.3 is 0 Å². The number of para-hydroxylation sites is 1. The van der Waals surface area contributed by atoms with Gasteiger partial charge in [0.2, 0.25) is 5.91 Å². The fraction of sp³-hybridized carbons (Fsp3) is 0.438. The standard InChI is InChI=1S/C16H20N2O2/c1-11-13-5-3-4-6-14(13)17-15(11)9-18(2)16(19)12-7-8-20-10-12/h3-6,12,17H,7-10H2,1-2H3/t12-/m1/s1.